The highest BCUT2D eigenvalue weighted by Gasteiger charge is 2.14. The maximum atomic E-state index is 11.2. The van der Waals surface area contributed by atoms with Gasteiger partial charge in [0.2, 0.25) is 0 Å². The number of carbonyl (C=O) groups excluding carboxylic acids is 1. The molecule has 0 radical (unpaired) electrons. The van der Waals surface area contributed by atoms with Crippen LogP contribution in [-0.4, -0.2) is 16.0 Å². The van der Waals surface area contributed by atoms with E-state index in [0.717, 1.165) is 0 Å². The molecule has 0 unspecified atom stereocenters. The van der Waals surface area contributed by atoms with Crippen LogP contribution in [0.1, 0.15) is 17.3 Å². The van der Waals surface area contributed by atoms with Crippen LogP contribution in [-0.2, 0) is 0 Å². The van der Waals surface area contributed by atoms with Gasteiger partial charge in [0, 0.05) is 5.56 Å². The number of carbonyl (C=O) groups is 1. The van der Waals surface area contributed by atoms with Gasteiger partial charge in [0.05, 0.1) is 11.8 Å². The topological polar surface area (TPSA) is 63.3 Å². The van der Waals surface area contributed by atoms with Crippen molar-refractivity contribution in [2.45, 2.75) is 6.92 Å². The van der Waals surface area contributed by atoms with E-state index in [2.05, 4.69) is 5.16 Å². The molecule has 1 N–H and O–H groups in total. The number of benzene rings is 1. The van der Waals surface area contributed by atoms with E-state index in [1.807, 2.05) is 0 Å². The summed E-state index contributed by atoms with van der Waals surface area (Å²) >= 11 is 0. The Morgan fingerprint density at radius 3 is 2.93 bits per heavy atom. The molecule has 76 valence electrons. The Balaban J connectivity index is 2.54. The molecule has 0 amide bonds. The molecule has 0 aliphatic carbocycles. The third-order valence-electron chi connectivity index (χ3n) is 2.06. The molecule has 1 aromatic heterocycles. The van der Waals surface area contributed by atoms with Crippen LogP contribution in [0.25, 0.3) is 11.3 Å². The molecule has 1 aromatic carbocycles. The molecule has 0 atom stereocenters. The average molecular weight is 203 g/mol. The minimum absolute atomic E-state index is 0.116. The number of Topliss-reactive ketones (excluding diaryl/α,β-unsaturated/α-hetero) is 1. The van der Waals surface area contributed by atoms with Crippen LogP contribution < -0.4 is 0 Å². The normalized spacial score (nSPS) is 10.2. The molecule has 0 aliphatic rings. The van der Waals surface area contributed by atoms with Crippen LogP contribution in [0.15, 0.2) is 35.0 Å². The second kappa shape index (κ2) is 3.57. The summed E-state index contributed by atoms with van der Waals surface area (Å²) in [4.78, 5) is 11.2. The molecule has 2 rings (SSSR count). The van der Waals surface area contributed by atoms with E-state index < -0.39 is 0 Å². The fourth-order valence-corrected chi connectivity index (χ4v) is 1.35. The first-order chi connectivity index (χ1) is 7.18. The fourth-order valence-electron chi connectivity index (χ4n) is 1.35. The molecule has 1 heterocycles. The van der Waals surface area contributed by atoms with Crippen molar-refractivity contribution in [1.29, 1.82) is 0 Å². The molecular weight excluding hydrogens is 194 g/mol. The lowest BCUT2D eigenvalue weighted by Crippen LogP contribution is -1.91. The predicted molar refractivity (Wildman–Crippen MR) is 53.6 cm³/mol. The van der Waals surface area contributed by atoms with Crippen molar-refractivity contribution >= 4 is 5.78 Å². The Hall–Kier alpha value is -2.10. The zero-order valence-corrected chi connectivity index (χ0v) is 8.10. The first kappa shape index (κ1) is 9.45. The zero-order chi connectivity index (χ0) is 10.8. The van der Waals surface area contributed by atoms with Gasteiger partial charge in [0.15, 0.2) is 11.5 Å². The number of nitrogens with zero attached hydrogens (tertiary/aromatic N) is 1. The Kier molecular flexibility index (Phi) is 2.25. The Morgan fingerprint density at radius 2 is 2.27 bits per heavy atom. The molecule has 0 fully saturated rings. The van der Waals surface area contributed by atoms with E-state index in [1.54, 1.807) is 18.2 Å². The molecule has 0 aliphatic heterocycles. The summed E-state index contributed by atoms with van der Waals surface area (Å²) in [6, 6.07) is 6.49. The highest BCUT2D eigenvalue weighted by molar-refractivity contribution is 5.99. The van der Waals surface area contributed by atoms with Gasteiger partial charge in [-0.15, -0.1) is 0 Å². The lowest BCUT2D eigenvalue weighted by atomic mass is 10.1. The van der Waals surface area contributed by atoms with Crippen molar-refractivity contribution in [2.75, 3.05) is 0 Å². The quantitative estimate of drug-likeness (QED) is 0.760. The van der Waals surface area contributed by atoms with Gasteiger partial charge < -0.3 is 9.63 Å². The van der Waals surface area contributed by atoms with Crippen molar-refractivity contribution in [2.24, 2.45) is 0 Å². The standard InChI is InChI=1S/C11H9NO3/c1-7(13)10-6-12-15-11(10)8-3-2-4-9(14)5-8/h2-6,14H,1H3. The highest BCUT2D eigenvalue weighted by Crippen LogP contribution is 2.26. The minimum Gasteiger partial charge on any atom is -0.508 e. The number of aromatic nitrogens is 1. The lowest BCUT2D eigenvalue weighted by Gasteiger charge is -1.98. The monoisotopic (exact) mass is 203 g/mol. The van der Waals surface area contributed by atoms with E-state index in [-0.39, 0.29) is 11.5 Å². The van der Waals surface area contributed by atoms with Crippen LogP contribution in [0.2, 0.25) is 0 Å². The van der Waals surface area contributed by atoms with Gasteiger partial charge >= 0.3 is 0 Å². The maximum absolute atomic E-state index is 11.2. The smallest absolute Gasteiger partial charge is 0.177 e. The van der Waals surface area contributed by atoms with Crippen LogP contribution >= 0.6 is 0 Å². The SMILES string of the molecule is CC(=O)c1cnoc1-c1cccc(O)c1. The summed E-state index contributed by atoms with van der Waals surface area (Å²) in [5, 5.41) is 12.9. The van der Waals surface area contributed by atoms with Gasteiger partial charge in [0.1, 0.15) is 5.75 Å². The number of hydrogen-bond donors (Lipinski definition) is 1. The van der Waals surface area contributed by atoms with Crippen molar-refractivity contribution in [3.8, 4) is 17.1 Å². The maximum Gasteiger partial charge on any atom is 0.177 e. The van der Waals surface area contributed by atoms with E-state index in [9.17, 15) is 9.90 Å². The highest BCUT2D eigenvalue weighted by atomic mass is 16.5. The predicted octanol–water partition coefficient (Wildman–Crippen LogP) is 2.25. The van der Waals surface area contributed by atoms with E-state index >= 15 is 0 Å². The molecule has 15 heavy (non-hydrogen) atoms. The lowest BCUT2D eigenvalue weighted by molar-refractivity contribution is 0.101. The van der Waals surface area contributed by atoms with Gasteiger partial charge in [-0.1, -0.05) is 17.3 Å². The van der Waals surface area contributed by atoms with Crippen molar-refractivity contribution in [3.63, 3.8) is 0 Å². The third-order valence-corrected chi connectivity index (χ3v) is 2.06. The number of hydrogen-bond acceptors (Lipinski definition) is 4. The van der Waals surface area contributed by atoms with Crippen molar-refractivity contribution < 1.29 is 14.4 Å². The number of rotatable bonds is 2. The van der Waals surface area contributed by atoms with E-state index in [0.29, 0.717) is 16.9 Å². The second-order valence-corrected chi connectivity index (χ2v) is 3.18. The van der Waals surface area contributed by atoms with Crippen molar-refractivity contribution in [1.82, 2.24) is 5.16 Å². The largest absolute Gasteiger partial charge is 0.508 e. The molecule has 0 spiro atoms. The summed E-state index contributed by atoms with van der Waals surface area (Å²) in [7, 11) is 0. The summed E-state index contributed by atoms with van der Waals surface area (Å²) in [6.45, 7) is 1.44. The molecule has 2 aromatic rings. The summed E-state index contributed by atoms with van der Waals surface area (Å²) < 4.78 is 4.99. The first-order valence-electron chi connectivity index (χ1n) is 4.43. The van der Waals surface area contributed by atoms with Gasteiger partial charge in [-0.3, -0.25) is 4.79 Å². The van der Waals surface area contributed by atoms with Gasteiger partial charge in [0.25, 0.3) is 0 Å². The third kappa shape index (κ3) is 1.74. The van der Waals surface area contributed by atoms with Crippen LogP contribution in [0.4, 0.5) is 0 Å². The summed E-state index contributed by atoms with van der Waals surface area (Å²) in [5.41, 5.74) is 1.05. The minimum atomic E-state index is -0.116. The van der Waals surface area contributed by atoms with Crippen molar-refractivity contribution in [3.05, 3.63) is 36.0 Å². The average Bonchev–Trinajstić information content (AvgIpc) is 2.65. The van der Waals surface area contributed by atoms with Crippen LogP contribution in [0, 0.1) is 0 Å². The fraction of sp³-hybridized carbons (Fsp3) is 0.0909. The second-order valence-electron chi connectivity index (χ2n) is 3.18. The zero-order valence-electron chi connectivity index (χ0n) is 8.10. The molecule has 0 saturated carbocycles. The van der Waals surface area contributed by atoms with Crippen LogP contribution in [0.5, 0.6) is 5.75 Å². The summed E-state index contributed by atoms with van der Waals surface area (Å²) in [5.74, 6) is 0.395. The number of ketones is 1. The number of aromatic hydroxyl groups is 1. The molecule has 0 bridgehead atoms. The Labute approximate surface area is 86.1 Å². The Morgan fingerprint density at radius 1 is 1.47 bits per heavy atom. The first-order valence-corrected chi connectivity index (χ1v) is 4.43. The number of phenols is 1. The van der Waals surface area contributed by atoms with Gasteiger partial charge in [-0.2, -0.15) is 0 Å². The molecule has 4 heteroatoms. The van der Waals surface area contributed by atoms with Gasteiger partial charge in [-0.05, 0) is 19.1 Å². The van der Waals surface area contributed by atoms with Gasteiger partial charge in [-0.25, -0.2) is 0 Å². The molecule has 4 nitrogen and oxygen atoms in total. The molecule has 0 saturated heterocycles. The van der Waals surface area contributed by atoms with E-state index in [1.165, 1.54) is 19.2 Å². The van der Waals surface area contributed by atoms with Crippen LogP contribution in [0.3, 0.4) is 0 Å². The summed E-state index contributed by atoms with van der Waals surface area (Å²) in [6.07, 6.45) is 1.38. The number of phenolic OH excluding ortho intramolecular Hbond substituents is 1. The molecular formula is C11H9NO3. The van der Waals surface area contributed by atoms with E-state index in [4.69, 9.17) is 4.52 Å². The Bertz CT molecular complexity index is 502.